The first-order valence-electron chi connectivity index (χ1n) is 12.8. The molecule has 0 radical (unpaired) electrons. The minimum atomic E-state index is -3.62. The van der Waals surface area contributed by atoms with E-state index in [2.05, 4.69) is 17.1 Å². The minimum absolute atomic E-state index is 0.0916. The van der Waals surface area contributed by atoms with Gasteiger partial charge in [0, 0.05) is 48.6 Å². The van der Waals surface area contributed by atoms with E-state index in [0.29, 0.717) is 48.6 Å². The van der Waals surface area contributed by atoms with Gasteiger partial charge in [0.2, 0.25) is 10.0 Å². The van der Waals surface area contributed by atoms with Crippen LogP contribution in [0.4, 0.5) is 0 Å². The Labute approximate surface area is 221 Å². The number of hydrogen-bond acceptors (Lipinski definition) is 7. The molecule has 0 aromatic heterocycles. The van der Waals surface area contributed by atoms with Gasteiger partial charge in [-0.15, -0.1) is 11.8 Å². The van der Waals surface area contributed by atoms with Gasteiger partial charge in [-0.3, -0.25) is 9.69 Å². The number of morpholine rings is 1. The van der Waals surface area contributed by atoms with Crippen LogP contribution in [0, 0.1) is 5.41 Å². The van der Waals surface area contributed by atoms with Gasteiger partial charge in [-0.05, 0) is 50.0 Å². The Morgan fingerprint density at radius 3 is 2.54 bits per heavy atom. The van der Waals surface area contributed by atoms with Gasteiger partial charge in [0.15, 0.2) is 5.12 Å². The molecular weight excluding hydrogens is 500 g/mol. The lowest BCUT2D eigenvalue weighted by Gasteiger charge is -2.33. The molecule has 3 aliphatic rings. The number of carbonyl (C=O) groups is 1. The molecule has 198 valence electrons. The highest BCUT2D eigenvalue weighted by atomic mass is 32.2. The molecule has 0 saturated carbocycles. The van der Waals surface area contributed by atoms with Crippen LogP contribution in [0.2, 0.25) is 0 Å². The van der Waals surface area contributed by atoms with Crippen LogP contribution < -0.4 is 0 Å². The smallest absolute Gasteiger partial charge is 0.239 e. The number of hydrogen-bond donors (Lipinski definition) is 0. The van der Waals surface area contributed by atoms with E-state index in [0.717, 1.165) is 32.4 Å². The zero-order chi connectivity index (χ0) is 25.5. The van der Waals surface area contributed by atoms with Gasteiger partial charge in [0.05, 0.1) is 18.1 Å². The van der Waals surface area contributed by atoms with E-state index in [4.69, 9.17) is 4.74 Å². The van der Waals surface area contributed by atoms with Gasteiger partial charge in [-0.1, -0.05) is 50.8 Å². The normalized spacial score (nSPS) is 23.2. The molecule has 6 nitrogen and oxygen atoms in total. The highest BCUT2D eigenvalue weighted by Crippen LogP contribution is 2.37. The highest BCUT2D eigenvalue weighted by molar-refractivity contribution is 8.13. The van der Waals surface area contributed by atoms with Gasteiger partial charge < -0.3 is 4.74 Å². The Morgan fingerprint density at radius 2 is 1.94 bits per heavy atom. The predicted octanol–water partition coefficient (Wildman–Crippen LogP) is 5.05. The maximum Gasteiger partial charge on any atom is 0.239 e. The van der Waals surface area contributed by atoms with E-state index in [1.54, 1.807) is 4.31 Å². The van der Waals surface area contributed by atoms with E-state index >= 15 is 0 Å². The molecule has 0 spiro atoms. The number of thioether (sulfide) groups is 2. The largest absolute Gasteiger partial charge is 0.379 e. The zero-order valence-corrected chi connectivity index (χ0v) is 24.2. The summed E-state index contributed by atoms with van der Waals surface area (Å²) < 4.78 is 34.7. The molecule has 0 aromatic carbocycles. The maximum atomic E-state index is 13.8. The zero-order valence-electron chi connectivity index (χ0n) is 21.7. The van der Waals surface area contributed by atoms with Crippen molar-refractivity contribution in [3.8, 4) is 0 Å². The molecule has 1 fully saturated rings. The average Bonchev–Trinajstić information content (AvgIpc) is 2.83. The SMILES string of the molecule is C[C@H](CSC(=O)C(C)(C)C)N(CCN1CCOCC1)S(=O)(=O)C1=CC=C(SC2CC=CCC2)CC1. The summed E-state index contributed by atoms with van der Waals surface area (Å²) in [5.41, 5.74) is -0.444. The van der Waals surface area contributed by atoms with Crippen molar-refractivity contribution in [1.29, 1.82) is 0 Å². The van der Waals surface area contributed by atoms with Crippen LogP contribution in [0.25, 0.3) is 0 Å². The van der Waals surface area contributed by atoms with E-state index in [1.165, 1.54) is 23.1 Å². The Balaban J connectivity index is 1.71. The van der Waals surface area contributed by atoms with Crippen molar-refractivity contribution in [3.63, 3.8) is 0 Å². The standard InChI is InChI=1S/C26H42N2O4S3/c1-21(20-33-25(29)26(2,3)4)28(15-14-27-16-18-32-19-17-27)35(30,31)24-12-10-23(11-13-24)34-22-8-6-5-7-9-22/h5-6,10,12,21-22H,7-9,11,13-20H2,1-4H3/t21-,22?/m1/s1. The second kappa shape index (κ2) is 13.3. The molecule has 3 rings (SSSR count). The molecule has 9 heteroatoms. The molecule has 0 bridgehead atoms. The molecule has 0 aromatic rings. The lowest BCUT2D eigenvalue weighted by molar-refractivity contribution is -0.117. The summed E-state index contributed by atoms with van der Waals surface area (Å²) in [7, 11) is -3.62. The lowest BCUT2D eigenvalue weighted by atomic mass is 10.00. The molecule has 2 atom stereocenters. The van der Waals surface area contributed by atoms with E-state index < -0.39 is 15.4 Å². The molecule has 0 amide bonds. The number of sulfonamides is 1. The van der Waals surface area contributed by atoms with Gasteiger partial charge in [0.25, 0.3) is 0 Å². The van der Waals surface area contributed by atoms with Crippen LogP contribution in [-0.2, 0) is 19.6 Å². The van der Waals surface area contributed by atoms with Crippen molar-refractivity contribution >= 4 is 38.7 Å². The molecule has 1 aliphatic heterocycles. The van der Waals surface area contributed by atoms with Crippen LogP contribution in [0.3, 0.4) is 0 Å². The van der Waals surface area contributed by atoms with Crippen molar-refractivity contribution in [2.24, 2.45) is 5.41 Å². The molecule has 1 heterocycles. The summed E-state index contributed by atoms with van der Waals surface area (Å²) in [5, 5.41) is 0.689. The highest BCUT2D eigenvalue weighted by Gasteiger charge is 2.33. The summed E-state index contributed by atoms with van der Waals surface area (Å²) in [6, 6.07) is -0.271. The molecule has 0 N–H and O–H groups in total. The van der Waals surface area contributed by atoms with E-state index in [9.17, 15) is 13.2 Å². The monoisotopic (exact) mass is 542 g/mol. The summed E-state index contributed by atoms with van der Waals surface area (Å²) in [6.45, 7) is 11.7. The first-order valence-corrected chi connectivity index (χ1v) is 16.1. The third-order valence-electron chi connectivity index (χ3n) is 6.55. The van der Waals surface area contributed by atoms with Crippen molar-refractivity contribution in [3.05, 3.63) is 34.1 Å². The van der Waals surface area contributed by atoms with Gasteiger partial charge in [0.1, 0.15) is 0 Å². The molecule has 1 unspecified atom stereocenters. The predicted molar refractivity (Wildman–Crippen MR) is 149 cm³/mol. The minimum Gasteiger partial charge on any atom is -0.379 e. The second-order valence-corrected chi connectivity index (χ2v) is 14.9. The van der Waals surface area contributed by atoms with Gasteiger partial charge in [-0.25, -0.2) is 8.42 Å². The van der Waals surface area contributed by atoms with E-state index in [-0.39, 0.29) is 11.2 Å². The maximum absolute atomic E-state index is 13.8. The number of ether oxygens (including phenoxy) is 1. The lowest BCUT2D eigenvalue weighted by Crippen LogP contribution is -2.47. The average molecular weight is 543 g/mol. The number of rotatable bonds is 10. The second-order valence-electron chi connectivity index (χ2n) is 10.6. The molecule has 2 aliphatic carbocycles. The molecule has 1 saturated heterocycles. The Kier molecular flexibility index (Phi) is 11.0. The van der Waals surface area contributed by atoms with Crippen LogP contribution in [0.5, 0.6) is 0 Å². The van der Waals surface area contributed by atoms with E-state index in [1.807, 2.05) is 51.6 Å². The third kappa shape index (κ3) is 8.75. The van der Waals surface area contributed by atoms with Gasteiger partial charge in [-0.2, -0.15) is 4.31 Å². The fourth-order valence-corrected chi connectivity index (χ4v) is 8.42. The van der Waals surface area contributed by atoms with Crippen molar-refractivity contribution < 1.29 is 17.9 Å². The number of allylic oxidation sites excluding steroid dienone is 6. The first-order chi connectivity index (χ1) is 16.6. The Morgan fingerprint density at radius 1 is 1.20 bits per heavy atom. The van der Waals surface area contributed by atoms with Crippen molar-refractivity contribution in [2.45, 2.75) is 71.1 Å². The topological polar surface area (TPSA) is 66.9 Å². The molecular formula is C26H42N2O4S3. The number of carbonyl (C=O) groups excluding carboxylic acids is 1. The number of nitrogens with zero attached hydrogens (tertiary/aromatic N) is 2. The van der Waals surface area contributed by atoms with Crippen LogP contribution >= 0.6 is 23.5 Å². The molecule has 35 heavy (non-hydrogen) atoms. The van der Waals surface area contributed by atoms with Crippen molar-refractivity contribution in [1.82, 2.24) is 9.21 Å². The summed E-state index contributed by atoms with van der Waals surface area (Å²) in [4.78, 5) is 16.5. The third-order valence-corrected chi connectivity index (χ3v) is 11.6. The Bertz CT molecular complexity index is 915. The fraction of sp³-hybridized carbons (Fsp3) is 0.731. The van der Waals surface area contributed by atoms with Crippen molar-refractivity contribution in [2.75, 3.05) is 45.1 Å². The Hall–Kier alpha value is -0.580. The van der Waals surface area contributed by atoms with Crippen LogP contribution in [-0.4, -0.2) is 79.2 Å². The van der Waals surface area contributed by atoms with Crippen LogP contribution in [0.1, 0.15) is 59.8 Å². The first kappa shape index (κ1) is 29.0. The van der Waals surface area contributed by atoms with Crippen LogP contribution in [0.15, 0.2) is 34.1 Å². The summed E-state index contributed by atoms with van der Waals surface area (Å²) >= 11 is 3.15. The fourth-order valence-electron chi connectivity index (χ4n) is 4.29. The summed E-state index contributed by atoms with van der Waals surface area (Å²) in [5.74, 6) is 0.456. The quantitative estimate of drug-likeness (QED) is 0.358. The van der Waals surface area contributed by atoms with Gasteiger partial charge >= 0.3 is 0 Å². The summed E-state index contributed by atoms with van der Waals surface area (Å²) in [6.07, 6.45) is 13.1.